The van der Waals surface area contributed by atoms with Crippen LogP contribution in [0.25, 0.3) is 11.1 Å². The van der Waals surface area contributed by atoms with Crippen LogP contribution in [0.15, 0.2) is 48.5 Å². The molecule has 0 aliphatic heterocycles. The molecule has 7 heteroatoms. The molecule has 0 aromatic heterocycles. The number of ether oxygens (including phenoxy) is 1. The fourth-order valence-electron chi connectivity index (χ4n) is 6.02. The van der Waals surface area contributed by atoms with E-state index in [1.807, 2.05) is 24.3 Å². The minimum absolute atomic E-state index is 0.0142. The van der Waals surface area contributed by atoms with Crippen LogP contribution in [-0.4, -0.2) is 41.8 Å². The van der Waals surface area contributed by atoms with Gasteiger partial charge in [-0.25, -0.2) is 4.79 Å². The Kier molecular flexibility index (Phi) is 6.75. The summed E-state index contributed by atoms with van der Waals surface area (Å²) in [4.78, 5) is 36.6. The van der Waals surface area contributed by atoms with Crippen LogP contribution < -0.4 is 10.6 Å². The molecule has 2 fully saturated rings. The molecule has 7 nitrogen and oxygen atoms in total. The Morgan fingerprint density at radius 3 is 2.11 bits per heavy atom. The third kappa shape index (κ3) is 5.04. The molecule has 3 N–H and O–H groups in total. The van der Waals surface area contributed by atoms with E-state index >= 15 is 0 Å². The number of carbonyl (C=O) groups is 3. The van der Waals surface area contributed by atoms with Gasteiger partial charge in [-0.3, -0.25) is 9.59 Å². The third-order valence-electron chi connectivity index (χ3n) is 7.84. The summed E-state index contributed by atoms with van der Waals surface area (Å²) < 4.78 is 5.65. The molecular formula is C28H32N2O5. The van der Waals surface area contributed by atoms with Gasteiger partial charge in [-0.15, -0.1) is 0 Å². The van der Waals surface area contributed by atoms with Crippen molar-refractivity contribution in [3.63, 3.8) is 0 Å². The van der Waals surface area contributed by atoms with Gasteiger partial charge in [-0.2, -0.15) is 0 Å². The van der Waals surface area contributed by atoms with Gasteiger partial charge in [0.15, 0.2) is 0 Å². The van der Waals surface area contributed by atoms with Gasteiger partial charge in [-0.05, 0) is 60.8 Å². The second kappa shape index (κ2) is 10.1. The van der Waals surface area contributed by atoms with Crippen LogP contribution in [0.2, 0.25) is 0 Å². The fourth-order valence-corrected chi connectivity index (χ4v) is 6.02. The number of amides is 2. The fraction of sp³-hybridized carbons (Fsp3) is 0.464. The van der Waals surface area contributed by atoms with Crippen molar-refractivity contribution in [1.29, 1.82) is 0 Å². The standard InChI is InChI=1S/C28H32N2O5/c31-26(29-19-7-5-6-18(15-19)27(32)33)17-12-13-20(14-17)30-28(34)35-16-25-23-10-3-1-8-21(23)22-9-2-4-11-24(22)25/h1-4,8-11,17-20,25H,5-7,12-16H2,(H,29,31)(H,30,34)(H,32,33)/t17?,18-,19-,20?/m1/s1. The Morgan fingerprint density at radius 1 is 0.800 bits per heavy atom. The highest BCUT2D eigenvalue weighted by Gasteiger charge is 2.34. The minimum atomic E-state index is -0.780. The molecule has 3 aliphatic carbocycles. The molecule has 0 bridgehead atoms. The molecule has 35 heavy (non-hydrogen) atoms. The molecule has 0 saturated heterocycles. The Hall–Kier alpha value is -3.35. The van der Waals surface area contributed by atoms with Crippen molar-refractivity contribution in [2.75, 3.05) is 6.61 Å². The van der Waals surface area contributed by atoms with Crippen molar-refractivity contribution < 1.29 is 24.2 Å². The number of fused-ring (bicyclic) bond motifs is 3. The first-order chi connectivity index (χ1) is 17.0. The second-order valence-corrected chi connectivity index (χ2v) is 10.1. The predicted molar refractivity (Wildman–Crippen MR) is 131 cm³/mol. The Balaban J connectivity index is 1.10. The van der Waals surface area contributed by atoms with E-state index in [1.165, 1.54) is 22.3 Å². The molecule has 4 atom stereocenters. The van der Waals surface area contributed by atoms with Crippen LogP contribution in [0.3, 0.4) is 0 Å². The van der Waals surface area contributed by atoms with E-state index in [0.29, 0.717) is 25.7 Å². The maximum atomic E-state index is 12.8. The summed E-state index contributed by atoms with van der Waals surface area (Å²) in [5.41, 5.74) is 4.72. The van der Waals surface area contributed by atoms with Crippen LogP contribution in [0.5, 0.6) is 0 Å². The monoisotopic (exact) mass is 476 g/mol. The summed E-state index contributed by atoms with van der Waals surface area (Å²) in [6.07, 6.45) is 4.37. The smallest absolute Gasteiger partial charge is 0.407 e. The lowest BCUT2D eigenvalue weighted by Gasteiger charge is -2.28. The average molecular weight is 477 g/mol. The van der Waals surface area contributed by atoms with Gasteiger partial charge in [0.1, 0.15) is 6.61 Å². The SMILES string of the molecule is O=C(NC1CCC(C(=O)N[C@@H]2CCC[C@@H](C(=O)O)C2)C1)OCC1c2ccccc2-c2ccccc21. The number of carboxylic acids is 1. The molecule has 5 rings (SSSR count). The first-order valence-corrected chi connectivity index (χ1v) is 12.6. The zero-order chi connectivity index (χ0) is 24.4. The van der Waals surface area contributed by atoms with Crippen molar-refractivity contribution in [2.45, 2.75) is 62.9 Å². The lowest BCUT2D eigenvalue weighted by molar-refractivity contribution is -0.143. The van der Waals surface area contributed by atoms with Crippen molar-refractivity contribution in [3.05, 3.63) is 59.7 Å². The van der Waals surface area contributed by atoms with E-state index in [9.17, 15) is 19.5 Å². The van der Waals surface area contributed by atoms with Crippen LogP contribution in [0.4, 0.5) is 4.79 Å². The van der Waals surface area contributed by atoms with Crippen molar-refractivity contribution in [3.8, 4) is 11.1 Å². The lowest BCUT2D eigenvalue weighted by atomic mass is 9.85. The number of aliphatic carboxylic acids is 1. The van der Waals surface area contributed by atoms with Gasteiger partial charge in [-0.1, -0.05) is 55.0 Å². The molecule has 0 radical (unpaired) electrons. The predicted octanol–water partition coefficient (Wildman–Crippen LogP) is 4.45. The highest BCUT2D eigenvalue weighted by molar-refractivity contribution is 5.80. The number of hydrogen-bond acceptors (Lipinski definition) is 4. The molecule has 3 aliphatic rings. The van der Waals surface area contributed by atoms with E-state index < -0.39 is 12.1 Å². The van der Waals surface area contributed by atoms with E-state index in [1.54, 1.807) is 0 Å². The zero-order valence-corrected chi connectivity index (χ0v) is 19.7. The van der Waals surface area contributed by atoms with Crippen LogP contribution in [0, 0.1) is 11.8 Å². The van der Waals surface area contributed by atoms with Crippen molar-refractivity contribution >= 4 is 18.0 Å². The maximum absolute atomic E-state index is 12.8. The molecule has 2 unspecified atom stereocenters. The summed E-state index contributed by atoms with van der Waals surface area (Å²) in [6.45, 7) is 0.267. The highest BCUT2D eigenvalue weighted by atomic mass is 16.5. The summed E-state index contributed by atoms with van der Waals surface area (Å²) >= 11 is 0. The Bertz CT molecular complexity index is 1070. The molecule has 2 aromatic carbocycles. The lowest BCUT2D eigenvalue weighted by Crippen LogP contribution is -2.42. The topological polar surface area (TPSA) is 105 Å². The summed E-state index contributed by atoms with van der Waals surface area (Å²) in [7, 11) is 0. The molecule has 184 valence electrons. The third-order valence-corrected chi connectivity index (χ3v) is 7.84. The minimum Gasteiger partial charge on any atom is -0.481 e. The largest absolute Gasteiger partial charge is 0.481 e. The van der Waals surface area contributed by atoms with Crippen molar-refractivity contribution in [2.24, 2.45) is 11.8 Å². The number of rotatable bonds is 6. The van der Waals surface area contributed by atoms with E-state index in [4.69, 9.17) is 4.74 Å². The maximum Gasteiger partial charge on any atom is 0.407 e. The average Bonchev–Trinajstić information content (AvgIpc) is 3.46. The second-order valence-electron chi connectivity index (χ2n) is 10.1. The Labute approximate surface area is 205 Å². The molecule has 2 aromatic rings. The van der Waals surface area contributed by atoms with Crippen molar-refractivity contribution in [1.82, 2.24) is 10.6 Å². The van der Waals surface area contributed by atoms with Gasteiger partial charge < -0.3 is 20.5 Å². The van der Waals surface area contributed by atoms with Crippen LogP contribution in [-0.2, 0) is 14.3 Å². The van der Waals surface area contributed by atoms with Crippen LogP contribution >= 0.6 is 0 Å². The number of carbonyl (C=O) groups excluding carboxylic acids is 2. The quantitative estimate of drug-likeness (QED) is 0.571. The zero-order valence-electron chi connectivity index (χ0n) is 19.7. The van der Waals surface area contributed by atoms with Gasteiger partial charge in [0.2, 0.25) is 5.91 Å². The van der Waals surface area contributed by atoms with Gasteiger partial charge >= 0.3 is 12.1 Å². The molecule has 0 heterocycles. The van der Waals surface area contributed by atoms with E-state index in [-0.39, 0.29) is 42.4 Å². The number of alkyl carbamates (subject to hydrolysis) is 1. The molecular weight excluding hydrogens is 444 g/mol. The molecule has 0 spiro atoms. The highest BCUT2D eigenvalue weighted by Crippen LogP contribution is 2.44. The van der Waals surface area contributed by atoms with Gasteiger partial charge in [0.25, 0.3) is 0 Å². The van der Waals surface area contributed by atoms with Gasteiger partial charge in [0.05, 0.1) is 5.92 Å². The Morgan fingerprint density at radius 2 is 1.43 bits per heavy atom. The summed E-state index contributed by atoms with van der Waals surface area (Å²) in [6, 6.07) is 16.3. The number of carboxylic acid groups (broad SMARTS) is 1. The molecule has 2 saturated carbocycles. The van der Waals surface area contributed by atoms with Crippen LogP contribution in [0.1, 0.15) is 62.0 Å². The normalized spacial score (nSPS) is 25.4. The van der Waals surface area contributed by atoms with Gasteiger partial charge in [0, 0.05) is 23.9 Å². The first-order valence-electron chi connectivity index (χ1n) is 12.6. The van der Waals surface area contributed by atoms with E-state index in [0.717, 1.165) is 19.3 Å². The first kappa shape index (κ1) is 23.4. The number of hydrogen-bond donors (Lipinski definition) is 3. The number of benzene rings is 2. The number of nitrogens with one attached hydrogen (secondary N) is 2. The van der Waals surface area contributed by atoms with E-state index in [2.05, 4.69) is 34.9 Å². The molecule has 2 amide bonds. The summed E-state index contributed by atoms with van der Waals surface area (Å²) in [5.74, 6) is -1.34. The summed E-state index contributed by atoms with van der Waals surface area (Å²) in [5, 5.41) is 15.3.